The number of benzene rings is 1. The van der Waals surface area contributed by atoms with Crippen LogP contribution in [0.15, 0.2) is 30.3 Å². The molecule has 0 aliphatic heterocycles. The van der Waals surface area contributed by atoms with Crippen LogP contribution in [0.4, 0.5) is 13.2 Å². The van der Waals surface area contributed by atoms with Crippen LogP contribution in [0.3, 0.4) is 0 Å². The third kappa shape index (κ3) is 3.77. The highest BCUT2D eigenvalue weighted by molar-refractivity contribution is 6.00. The minimum absolute atomic E-state index is 0.310. The van der Waals surface area contributed by atoms with Gasteiger partial charge in [-0.1, -0.05) is 6.07 Å². The van der Waals surface area contributed by atoms with Gasteiger partial charge in [0.2, 0.25) is 0 Å². The highest BCUT2D eigenvalue weighted by Gasteiger charge is 2.27. The lowest BCUT2D eigenvalue weighted by Crippen LogP contribution is -2.20. The van der Waals surface area contributed by atoms with Gasteiger partial charge in [-0.25, -0.2) is 0 Å². The molecule has 0 atom stereocenters. The lowest BCUT2D eigenvalue weighted by atomic mass is 10.1. The minimum atomic E-state index is -4.43. The molecule has 0 aliphatic rings. The van der Waals surface area contributed by atoms with Crippen molar-refractivity contribution in [1.29, 1.82) is 0 Å². The SMILES string of the molecule is Cc1ccc2cc(C(=O)COCC(F)(F)F)ccc2n1. The lowest BCUT2D eigenvalue weighted by Gasteiger charge is -2.07. The summed E-state index contributed by atoms with van der Waals surface area (Å²) in [5.74, 6) is -0.489. The van der Waals surface area contributed by atoms with Crippen LogP contribution in [0.25, 0.3) is 10.9 Å². The number of ketones is 1. The molecule has 1 aromatic heterocycles. The zero-order valence-corrected chi connectivity index (χ0v) is 10.7. The molecule has 0 unspecified atom stereocenters. The van der Waals surface area contributed by atoms with Crippen LogP contribution in [0.2, 0.25) is 0 Å². The molecule has 1 aromatic carbocycles. The first kappa shape index (κ1) is 14.5. The average Bonchev–Trinajstić information content (AvgIpc) is 2.36. The van der Waals surface area contributed by atoms with Gasteiger partial charge in [-0.2, -0.15) is 13.2 Å². The number of rotatable bonds is 4. The number of nitrogens with zero attached hydrogens (tertiary/aromatic N) is 1. The Labute approximate surface area is 113 Å². The first-order chi connectivity index (χ1) is 9.35. The molecule has 1 heterocycles. The molecule has 20 heavy (non-hydrogen) atoms. The number of halogens is 3. The molecule has 0 saturated carbocycles. The van der Waals surface area contributed by atoms with Crippen LogP contribution in [-0.2, 0) is 4.74 Å². The highest BCUT2D eigenvalue weighted by atomic mass is 19.4. The van der Waals surface area contributed by atoms with E-state index < -0.39 is 25.2 Å². The third-order valence-corrected chi connectivity index (χ3v) is 2.65. The largest absolute Gasteiger partial charge is 0.411 e. The van der Waals surface area contributed by atoms with Crippen molar-refractivity contribution in [3.8, 4) is 0 Å². The van der Waals surface area contributed by atoms with E-state index in [9.17, 15) is 18.0 Å². The molecule has 2 aromatic rings. The second kappa shape index (κ2) is 5.58. The van der Waals surface area contributed by atoms with E-state index in [2.05, 4.69) is 9.72 Å². The van der Waals surface area contributed by atoms with Crippen molar-refractivity contribution < 1.29 is 22.7 Å². The van der Waals surface area contributed by atoms with Crippen molar-refractivity contribution >= 4 is 16.7 Å². The number of aromatic nitrogens is 1. The van der Waals surface area contributed by atoms with E-state index in [0.717, 1.165) is 16.6 Å². The van der Waals surface area contributed by atoms with Crippen molar-refractivity contribution in [1.82, 2.24) is 4.98 Å². The van der Waals surface area contributed by atoms with E-state index in [1.807, 2.05) is 13.0 Å². The van der Waals surface area contributed by atoms with Gasteiger partial charge in [0.05, 0.1) is 5.52 Å². The second-order valence-corrected chi connectivity index (χ2v) is 4.39. The van der Waals surface area contributed by atoms with Crippen molar-refractivity contribution in [3.63, 3.8) is 0 Å². The second-order valence-electron chi connectivity index (χ2n) is 4.39. The number of carbonyl (C=O) groups excluding carboxylic acids is 1. The summed E-state index contributed by atoms with van der Waals surface area (Å²) in [4.78, 5) is 16.0. The Morgan fingerprint density at radius 2 is 2.00 bits per heavy atom. The topological polar surface area (TPSA) is 39.2 Å². The van der Waals surface area contributed by atoms with Gasteiger partial charge in [0.1, 0.15) is 13.2 Å². The normalized spacial score (nSPS) is 11.8. The molecule has 3 nitrogen and oxygen atoms in total. The Morgan fingerprint density at radius 3 is 2.70 bits per heavy atom. The molecule has 0 spiro atoms. The number of hydrogen-bond donors (Lipinski definition) is 0. The monoisotopic (exact) mass is 283 g/mol. The zero-order valence-electron chi connectivity index (χ0n) is 10.7. The summed E-state index contributed by atoms with van der Waals surface area (Å²) in [5.41, 5.74) is 1.90. The third-order valence-electron chi connectivity index (χ3n) is 2.65. The van der Waals surface area contributed by atoms with Gasteiger partial charge in [-0.3, -0.25) is 9.78 Å². The maximum absolute atomic E-state index is 11.9. The fourth-order valence-corrected chi connectivity index (χ4v) is 1.74. The van der Waals surface area contributed by atoms with Crippen LogP contribution in [0.1, 0.15) is 16.1 Å². The van der Waals surface area contributed by atoms with Gasteiger partial charge in [-0.15, -0.1) is 0 Å². The van der Waals surface area contributed by atoms with Crippen molar-refractivity contribution in [2.24, 2.45) is 0 Å². The van der Waals surface area contributed by atoms with Crippen LogP contribution < -0.4 is 0 Å². The predicted molar refractivity (Wildman–Crippen MR) is 67.7 cm³/mol. The number of ether oxygens (including phenoxy) is 1. The Bertz CT molecular complexity index is 638. The summed E-state index contributed by atoms with van der Waals surface area (Å²) >= 11 is 0. The number of Topliss-reactive ketones (excluding diaryl/α,β-unsaturated/α-hetero) is 1. The zero-order chi connectivity index (χ0) is 14.8. The molecule has 0 aliphatic carbocycles. The quantitative estimate of drug-likeness (QED) is 0.808. The fourth-order valence-electron chi connectivity index (χ4n) is 1.74. The molecule has 0 amide bonds. The van der Waals surface area contributed by atoms with Gasteiger partial charge in [0, 0.05) is 16.6 Å². The van der Waals surface area contributed by atoms with Gasteiger partial charge in [-0.05, 0) is 31.2 Å². The van der Waals surface area contributed by atoms with Gasteiger partial charge < -0.3 is 4.74 Å². The summed E-state index contributed by atoms with van der Waals surface area (Å²) < 4.78 is 40.1. The summed E-state index contributed by atoms with van der Waals surface area (Å²) in [7, 11) is 0. The highest BCUT2D eigenvalue weighted by Crippen LogP contribution is 2.17. The molecule has 2 rings (SSSR count). The minimum Gasteiger partial charge on any atom is -0.364 e. The summed E-state index contributed by atoms with van der Waals surface area (Å²) in [5, 5.41) is 0.761. The Kier molecular flexibility index (Phi) is 4.04. The van der Waals surface area contributed by atoms with Crippen LogP contribution >= 0.6 is 0 Å². The first-order valence-electron chi connectivity index (χ1n) is 5.90. The van der Waals surface area contributed by atoms with Gasteiger partial charge in [0.15, 0.2) is 5.78 Å². The van der Waals surface area contributed by atoms with Crippen LogP contribution in [0, 0.1) is 6.92 Å². The van der Waals surface area contributed by atoms with E-state index in [1.165, 1.54) is 6.07 Å². The molecule has 0 fully saturated rings. The van der Waals surface area contributed by atoms with Crippen LogP contribution in [-0.4, -0.2) is 30.2 Å². The van der Waals surface area contributed by atoms with E-state index in [4.69, 9.17) is 0 Å². The first-order valence-corrected chi connectivity index (χ1v) is 5.90. The Morgan fingerprint density at radius 1 is 1.25 bits per heavy atom. The molecule has 0 radical (unpaired) electrons. The fraction of sp³-hybridized carbons (Fsp3) is 0.286. The molecule has 0 saturated heterocycles. The lowest BCUT2D eigenvalue weighted by molar-refractivity contribution is -0.170. The molecule has 106 valence electrons. The van der Waals surface area contributed by atoms with Crippen molar-refractivity contribution in [3.05, 3.63) is 41.6 Å². The summed E-state index contributed by atoms with van der Waals surface area (Å²) in [6, 6.07) is 8.41. The van der Waals surface area contributed by atoms with E-state index in [1.54, 1.807) is 18.2 Å². The Hall–Kier alpha value is -1.95. The number of aryl methyl sites for hydroxylation is 1. The molecule has 0 bridgehead atoms. The average molecular weight is 283 g/mol. The summed E-state index contributed by atoms with van der Waals surface area (Å²) in [6.07, 6.45) is -4.43. The number of fused-ring (bicyclic) bond motifs is 1. The number of alkyl halides is 3. The van der Waals surface area contributed by atoms with Crippen molar-refractivity contribution in [2.75, 3.05) is 13.2 Å². The Balaban J connectivity index is 2.09. The van der Waals surface area contributed by atoms with Crippen LogP contribution in [0.5, 0.6) is 0 Å². The van der Waals surface area contributed by atoms with Gasteiger partial charge >= 0.3 is 6.18 Å². The van der Waals surface area contributed by atoms with E-state index in [-0.39, 0.29) is 0 Å². The number of carbonyl (C=O) groups is 1. The van der Waals surface area contributed by atoms with E-state index >= 15 is 0 Å². The summed E-state index contributed by atoms with van der Waals surface area (Å²) in [6.45, 7) is -0.166. The smallest absolute Gasteiger partial charge is 0.364 e. The standard InChI is InChI=1S/C14H12F3NO2/c1-9-2-3-10-6-11(4-5-12(10)18-9)13(19)7-20-8-14(15,16)17/h2-6H,7-8H2,1H3. The van der Waals surface area contributed by atoms with Gasteiger partial charge in [0.25, 0.3) is 0 Å². The molecular formula is C14H12F3NO2. The number of hydrogen-bond acceptors (Lipinski definition) is 3. The molecule has 0 N–H and O–H groups in total. The molecular weight excluding hydrogens is 271 g/mol. The molecule has 6 heteroatoms. The van der Waals surface area contributed by atoms with E-state index in [0.29, 0.717) is 5.56 Å². The number of pyridine rings is 1. The predicted octanol–water partition coefficient (Wildman–Crippen LogP) is 3.30. The maximum Gasteiger partial charge on any atom is 0.411 e. The van der Waals surface area contributed by atoms with Crippen molar-refractivity contribution in [2.45, 2.75) is 13.1 Å². The maximum atomic E-state index is 11.9.